The van der Waals surface area contributed by atoms with E-state index >= 15 is 0 Å². The fraction of sp³-hybridized carbons (Fsp3) is 0.913. The van der Waals surface area contributed by atoms with Crippen molar-refractivity contribution in [2.75, 3.05) is 7.11 Å². The summed E-state index contributed by atoms with van der Waals surface area (Å²) in [6.07, 6.45) is 10.6. The Hall–Kier alpha value is -1.10. The van der Waals surface area contributed by atoms with Crippen molar-refractivity contribution in [2.24, 2.45) is 34.5 Å². The number of hydrogen-bond donors (Lipinski definition) is 1. The van der Waals surface area contributed by atoms with Crippen LogP contribution in [0.4, 0.5) is 0 Å². The van der Waals surface area contributed by atoms with E-state index in [-0.39, 0.29) is 11.9 Å². The summed E-state index contributed by atoms with van der Waals surface area (Å²) in [6, 6.07) is 0. The molecule has 4 atom stereocenters. The van der Waals surface area contributed by atoms with Crippen LogP contribution >= 0.6 is 0 Å². The van der Waals surface area contributed by atoms with Crippen LogP contribution in [0.3, 0.4) is 0 Å². The van der Waals surface area contributed by atoms with Gasteiger partial charge in [-0.25, -0.2) is 0 Å². The molecule has 4 unspecified atom stereocenters. The number of hydrogen-bond acceptors (Lipinski definition) is 5. The van der Waals surface area contributed by atoms with Gasteiger partial charge in [-0.05, 0) is 94.3 Å². The van der Waals surface area contributed by atoms with Crippen LogP contribution in [0.15, 0.2) is 0 Å². The molecule has 8 aliphatic rings. The molecular formula is C23H32O5. The fourth-order valence-electron chi connectivity index (χ4n) is 9.51. The van der Waals surface area contributed by atoms with Crippen molar-refractivity contribution in [3.8, 4) is 0 Å². The summed E-state index contributed by atoms with van der Waals surface area (Å²) in [6.45, 7) is 0. The normalized spacial score (nSPS) is 55.4. The molecule has 0 aromatic heterocycles. The van der Waals surface area contributed by atoms with E-state index in [1.54, 1.807) is 0 Å². The monoisotopic (exact) mass is 388 g/mol. The minimum Gasteiger partial charge on any atom is -0.469 e. The van der Waals surface area contributed by atoms with E-state index in [2.05, 4.69) is 0 Å². The first-order chi connectivity index (χ1) is 13.3. The quantitative estimate of drug-likeness (QED) is 0.751. The molecule has 8 rings (SSSR count). The van der Waals surface area contributed by atoms with Gasteiger partial charge in [0.2, 0.25) is 0 Å². The van der Waals surface area contributed by atoms with Crippen LogP contribution in [-0.2, 0) is 19.1 Å². The maximum absolute atomic E-state index is 13.6. The lowest BCUT2D eigenvalue weighted by Gasteiger charge is -2.62. The average Bonchev–Trinajstić information content (AvgIpc) is 2.57. The summed E-state index contributed by atoms with van der Waals surface area (Å²) in [4.78, 5) is 26.3. The van der Waals surface area contributed by atoms with Gasteiger partial charge in [0.25, 0.3) is 0 Å². The molecule has 0 radical (unpaired) electrons. The van der Waals surface area contributed by atoms with Crippen molar-refractivity contribution < 1.29 is 24.2 Å². The number of aliphatic hydroxyl groups is 1. The second-order valence-corrected chi connectivity index (χ2v) is 11.8. The third-order valence-corrected chi connectivity index (χ3v) is 9.40. The van der Waals surface area contributed by atoms with Crippen LogP contribution in [0, 0.1) is 34.5 Å². The lowest BCUT2D eigenvalue weighted by Crippen LogP contribution is -2.63. The highest BCUT2D eigenvalue weighted by Gasteiger charge is 2.66. The van der Waals surface area contributed by atoms with Crippen molar-refractivity contribution >= 4 is 11.9 Å². The standard InChI is InChI=1S/C23H32O5/c1-27-18(24)21-6-16-3-17(7-21)11-23(10-16,13-21)28-19(25)20-4-14-2-15(5-20)9-22(26,8-14)12-20/h14-17,26H,2-13H2,1H3. The Morgan fingerprint density at radius 2 is 1.25 bits per heavy atom. The Morgan fingerprint density at radius 1 is 0.750 bits per heavy atom. The van der Waals surface area contributed by atoms with E-state index in [9.17, 15) is 14.7 Å². The molecule has 1 N–H and O–H groups in total. The van der Waals surface area contributed by atoms with Gasteiger partial charge in [0, 0.05) is 6.42 Å². The van der Waals surface area contributed by atoms with Gasteiger partial charge in [-0.2, -0.15) is 0 Å². The predicted molar refractivity (Wildman–Crippen MR) is 100 cm³/mol. The number of ether oxygens (including phenoxy) is 2. The molecule has 0 aromatic rings. The van der Waals surface area contributed by atoms with Crippen LogP contribution in [-0.4, -0.2) is 35.4 Å². The second-order valence-electron chi connectivity index (χ2n) is 11.8. The molecule has 28 heavy (non-hydrogen) atoms. The molecular weight excluding hydrogens is 356 g/mol. The van der Waals surface area contributed by atoms with Gasteiger partial charge in [-0.15, -0.1) is 0 Å². The summed E-state index contributed by atoms with van der Waals surface area (Å²) < 4.78 is 11.6. The zero-order chi connectivity index (χ0) is 19.4. The van der Waals surface area contributed by atoms with E-state index < -0.39 is 22.0 Å². The van der Waals surface area contributed by atoms with Gasteiger partial charge in [-0.1, -0.05) is 0 Å². The Morgan fingerprint density at radius 3 is 1.75 bits per heavy atom. The van der Waals surface area contributed by atoms with E-state index in [1.807, 2.05) is 0 Å². The number of carbonyl (C=O) groups is 2. The third-order valence-electron chi connectivity index (χ3n) is 9.40. The number of rotatable bonds is 3. The SMILES string of the molecule is COC(=O)C12CC3CC(CC(OC(=O)C45CC6CC(CC(O)(C6)C4)C5)(C3)C1)C2. The van der Waals surface area contributed by atoms with Gasteiger partial charge in [0.15, 0.2) is 0 Å². The summed E-state index contributed by atoms with van der Waals surface area (Å²) >= 11 is 0. The van der Waals surface area contributed by atoms with Crippen molar-refractivity contribution in [3.05, 3.63) is 0 Å². The van der Waals surface area contributed by atoms with Crippen LogP contribution in [0.25, 0.3) is 0 Å². The lowest BCUT2D eigenvalue weighted by atomic mass is 9.47. The predicted octanol–water partition coefficient (Wildman–Crippen LogP) is 3.37. The van der Waals surface area contributed by atoms with E-state index in [0.717, 1.165) is 64.2 Å². The Kier molecular flexibility index (Phi) is 3.37. The highest BCUT2D eigenvalue weighted by Crippen LogP contribution is 2.65. The van der Waals surface area contributed by atoms with Crippen molar-refractivity contribution in [1.29, 1.82) is 0 Å². The molecule has 8 saturated carbocycles. The molecule has 8 fully saturated rings. The fourth-order valence-corrected chi connectivity index (χ4v) is 9.51. The number of methoxy groups -OCH3 is 1. The Labute approximate surface area is 166 Å². The average molecular weight is 389 g/mol. The van der Waals surface area contributed by atoms with Crippen molar-refractivity contribution in [1.82, 2.24) is 0 Å². The zero-order valence-electron chi connectivity index (χ0n) is 16.9. The van der Waals surface area contributed by atoms with Gasteiger partial charge in [-0.3, -0.25) is 9.59 Å². The minimum absolute atomic E-state index is 0.0676. The first kappa shape index (κ1) is 17.7. The summed E-state index contributed by atoms with van der Waals surface area (Å²) in [5.41, 5.74) is -2.07. The molecule has 0 spiro atoms. The zero-order valence-corrected chi connectivity index (χ0v) is 16.9. The molecule has 0 amide bonds. The molecule has 5 nitrogen and oxygen atoms in total. The van der Waals surface area contributed by atoms with E-state index in [0.29, 0.717) is 36.5 Å². The van der Waals surface area contributed by atoms with E-state index in [1.165, 1.54) is 7.11 Å². The van der Waals surface area contributed by atoms with Crippen LogP contribution in [0.5, 0.6) is 0 Å². The highest BCUT2D eigenvalue weighted by molar-refractivity contribution is 5.80. The highest BCUT2D eigenvalue weighted by atomic mass is 16.6. The molecule has 0 aliphatic heterocycles. The first-order valence-corrected chi connectivity index (χ1v) is 11.3. The van der Waals surface area contributed by atoms with Gasteiger partial charge in [0.05, 0.1) is 23.5 Å². The van der Waals surface area contributed by atoms with E-state index in [4.69, 9.17) is 9.47 Å². The maximum Gasteiger partial charge on any atom is 0.312 e. The van der Waals surface area contributed by atoms with Gasteiger partial charge in [0.1, 0.15) is 5.60 Å². The third kappa shape index (κ3) is 2.34. The van der Waals surface area contributed by atoms with Gasteiger partial charge >= 0.3 is 11.9 Å². The summed E-state index contributed by atoms with van der Waals surface area (Å²) in [7, 11) is 1.48. The largest absolute Gasteiger partial charge is 0.469 e. The second kappa shape index (κ2) is 5.33. The minimum atomic E-state index is -0.655. The number of esters is 2. The van der Waals surface area contributed by atoms with Crippen molar-refractivity contribution in [2.45, 2.75) is 88.3 Å². The van der Waals surface area contributed by atoms with Crippen LogP contribution in [0.2, 0.25) is 0 Å². The Balaban J connectivity index is 1.28. The topological polar surface area (TPSA) is 72.8 Å². The van der Waals surface area contributed by atoms with Gasteiger partial charge < -0.3 is 14.6 Å². The molecule has 154 valence electrons. The lowest BCUT2D eigenvalue weighted by molar-refractivity contribution is -0.233. The van der Waals surface area contributed by atoms with Crippen molar-refractivity contribution in [3.63, 3.8) is 0 Å². The van der Waals surface area contributed by atoms with Crippen LogP contribution < -0.4 is 0 Å². The molecule has 0 saturated heterocycles. The Bertz CT molecular complexity index is 713. The molecule has 8 bridgehead atoms. The smallest absolute Gasteiger partial charge is 0.312 e. The molecule has 5 heteroatoms. The molecule has 0 aromatic carbocycles. The molecule has 8 aliphatic carbocycles. The molecule has 0 heterocycles. The first-order valence-electron chi connectivity index (χ1n) is 11.3. The van der Waals surface area contributed by atoms with Crippen LogP contribution in [0.1, 0.15) is 77.0 Å². The number of carbonyl (C=O) groups excluding carboxylic acids is 2. The summed E-state index contributed by atoms with van der Waals surface area (Å²) in [5, 5.41) is 11.0. The maximum atomic E-state index is 13.6. The summed E-state index contributed by atoms with van der Waals surface area (Å²) in [5.74, 6) is 1.70.